The number of carbonyl (C=O) groups is 1. The predicted octanol–water partition coefficient (Wildman–Crippen LogP) is 7.51. The zero-order valence-electron chi connectivity index (χ0n) is 23.2. The number of pyridine rings is 1. The molecule has 0 unspecified atom stereocenters. The van der Waals surface area contributed by atoms with Crippen LogP contribution in [0, 0.1) is 0 Å². The van der Waals surface area contributed by atoms with Gasteiger partial charge in [0.1, 0.15) is 30.4 Å². The zero-order valence-corrected chi connectivity index (χ0v) is 23.9. The van der Waals surface area contributed by atoms with Crippen molar-refractivity contribution in [2.45, 2.75) is 19.6 Å². The van der Waals surface area contributed by atoms with E-state index in [9.17, 15) is 4.79 Å². The van der Waals surface area contributed by atoms with Gasteiger partial charge in [0, 0.05) is 33.5 Å². The number of benzene rings is 3. The molecule has 1 aliphatic carbocycles. The fourth-order valence-corrected chi connectivity index (χ4v) is 4.70. The van der Waals surface area contributed by atoms with E-state index in [2.05, 4.69) is 32.8 Å². The minimum Gasteiger partial charge on any atom is -0.492 e. The van der Waals surface area contributed by atoms with Gasteiger partial charge < -0.3 is 14.8 Å². The summed E-state index contributed by atoms with van der Waals surface area (Å²) in [4.78, 5) is 16.8. The van der Waals surface area contributed by atoms with Crippen molar-refractivity contribution >= 4 is 39.7 Å². The fourth-order valence-electron chi connectivity index (χ4n) is 4.53. The first kappa shape index (κ1) is 27.9. The van der Waals surface area contributed by atoms with Gasteiger partial charge in [-0.25, -0.2) is 4.68 Å². The Kier molecular flexibility index (Phi) is 8.56. The van der Waals surface area contributed by atoms with Crippen LogP contribution in [0.25, 0.3) is 10.9 Å². The van der Waals surface area contributed by atoms with Gasteiger partial charge in [-0.3, -0.25) is 9.78 Å². The molecule has 2 heterocycles. The number of hydrogen-bond donors (Lipinski definition) is 1. The number of carbonyl (C=O) groups excluding carboxylic acids is 1. The lowest BCUT2D eigenvalue weighted by atomic mass is 10.1. The van der Waals surface area contributed by atoms with Gasteiger partial charge in [0.15, 0.2) is 5.78 Å². The molecule has 0 amide bonds. The lowest BCUT2D eigenvalue weighted by Crippen LogP contribution is -2.09. The van der Waals surface area contributed by atoms with Crippen molar-refractivity contribution in [2.24, 2.45) is 0 Å². The number of hydrogen-bond acceptors (Lipinski definition) is 7. The normalized spacial score (nSPS) is 12.5. The highest BCUT2D eigenvalue weighted by molar-refractivity contribution is 6.31. The Hall–Kier alpha value is -5.21. The summed E-state index contributed by atoms with van der Waals surface area (Å²) in [6.45, 7) is 1.22. The summed E-state index contributed by atoms with van der Waals surface area (Å²) >= 11 is 6.10. The van der Waals surface area contributed by atoms with Crippen LogP contribution in [-0.2, 0) is 13.2 Å². The molecule has 1 aliphatic rings. The third kappa shape index (κ3) is 7.36. The van der Waals surface area contributed by atoms with E-state index < -0.39 is 0 Å². The average molecular weight is 590 g/mol. The fraction of sp³-hybridized carbons (Fsp3) is 0.118. The average Bonchev–Trinajstić information content (AvgIpc) is 3.72. The molecule has 6 rings (SSSR count). The first-order valence-corrected chi connectivity index (χ1v) is 14.2. The third-order valence-electron chi connectivity index (χ3n) is 6.77. The molecule has 9 heteroatoms. The highest BCUT2D eigenvalue weighted by Crippen LogP contribution is 2.28. The Labute approximate surface area is 253 Å². The molecule has 0 atom stereocenters. The molecule has 0 aliphatic heterocycles. The van der Waals surface area contributed by atoms with Crippen molar-refractivity contribution in [1.82, 2.24) is 20.0 Å². The van der Waals surface area contributed by atoms with Crippen molar-refractivity contribution < 1.29 is 14.3 Å². The molecule has 0 fully saturated rings. The number of aromatic nitrogens is 4. The van der Waals surface area contributed by atoms with E-state index in [0.29, 0.717) is 41.8 Å². The Bertz CT molecular complexity index is 1830. The standard InChI is InChI=1S/C34H28ClN5O3/c35-26-8-15-31-32(17-18-36-33(31)21-26)37-27-9-13-30(14-10-27)43-23-28-22-40(39-38-28)19-20-42-29-11-6-25(7-12-29)34(41)16-5-24-3-1-2-4-24/h1,3-18,21-22H,2,19-20,23H2,(H,36,37)/b16-5+. The van der Waals surface area contributed by atoms with Crippen molar-refractivity contribution in [3.8, 4) is 11.5 Å². The summed E-state index contributed by atoms with van der Waals surface area (Å²) in [5, 5.41) is 13.4. The second-order valence-corrected chi connectivity index (χ2v) is 10.3. The van der Waals surface area contributed by atoms with Crippen molar-refractivity contribution in [2.75, 3.05) is 11.9 Å². The smallest absolute Gasteiger partial charge is 0.185 e. The number of ketones is 1. The van der Waals surface area contributed by atoms with Crippen LogP contribution in [0.1, 0.15) is 22.5 Å². The van der Waals surface area contributed by atoms with Crippen LogP contribution >= 0.6 is 11.6 Å². The largest absolute Gasteiger partial charge is 0.492 e. The van der Waals surface area contributed by atoms with Crippen molar-refractivity contribution in [3.05, 3.63) is 137 Å². The minimum atomic E-state index is -0.0393. The van der Waals surface area contributed by atoms with Crippen molar-refractivity contribution in [3.63, 3.8) is 0 Å². The first-order valence-electron chi connectivity index (χ1n) is 13.8. The van der Waals surface area contributed by atoms with Crippen LogP contribution < -0.4 is 14.8 Å². The first-order chi connectivity index (χ1) is 21.1. The van der Waals surface area contributed by atoms with Crippen LogP contribution in [0.5, 0.6) is 11.5 Å². The van der Waals surface area contributed by atoms with Gasteiger partial charge in [-0.1, -0.05) is 41.1 Å². The maximum Gasteiger partial charge on any atom is 0.185 e. The summed E-state index contributed by atoms with van der Waals surface area (Å²) in [5.74, 6) is 1.37. The molecule has 0 radical (unpaired) electrons. The highest BCUT2D eigenvalue weighted by atomic mass is 35.5. The maximum atomic E-state index is 12.4. The highest BCUT2D eigenvalue weighted by Gasteiger charge is 2.07. The van der Waals surface area contributed by atoms with Gasteiger partial charge in [0.25, 0.3) is 0 Å². The quantitative estimate of drug-likeness (QED) is 0.119. The van der Waals surface area contributed by atoms with Gasteiger partial charge in [0.05, 0.1) is 18.3 Å². The summed E-state index contributed by atoms with van der Waals surface area (Å²) in [5.41, 5.74) is 5.09. The molecule has 1 N–H and O–H groups in total. The topological polar surface area (TPSA) is 91.2 Å². The van der Waals surface area contributed by atoms with E-state index >= 15 is 0 Å². The molecule has 8 nitrogen and oxygen atoms in total. The van der Waals surface area contributed by atoms with Crippen LogP contribution in [0.3, 0.4) is 0 Å². The van der Waals surface area contributed by atoms with E-state index in [0.717, 1.165) is 40.0 Å². The van der Waals surface area contributed by atoms with E-state index in [4.69, 9.17) is 21.1 Å². The number of anilines is 2. The van der Waals surface area contributed by atoms with Gasteiger partial charge in [0.2, 0.25) is 0 Å². The number of halogens is 1. The molecule has 43 heavy (non-hydrogen) atoms. The molecule has 5 aromatic rings. The molecule has 214 valence electrons. The minimum absolute atomic E-state index is 0.0393. The molecular weight excluding hydrogens is 562 g/mol. The van der Waals surface area contributed by atoms with Crippen LogP contribution in [0.15, 0.2) is 121 Å². The van der Waals surface area contributed by atoms with E-state index in [1.165, 1.54) is 0 Å². The second kappa shape index (κ2) is 13.2. The monoisotopic (exact) mass is 589 g/mol. The molecular formula is C34H28ClN5O3. The maximum absolute atomic E-state index is 12.4. The predicted molar refractivity (Wildman–Crippen MR) is 168 cm³/mol. The summed E-state index contributed by atoms with van der Waals surface area (Å²) in [6.07, 6.45) is 14.1. The van der Waals surface area contributed by atoms with Crippen LogP contribution in [0.2, 0.25) is 5.02 Å². The SMILES string of the molecule is O=C(/C=C/C1=CCC=C1)c1ccc(OCCn2cc(COc3ccc(Nc4ccnc5cc(Cl)ccc45)cc3)nn2)cc1. The Balaban J connectivity index is 0.948. The van der Waals surface area contributed by atoms with E-state index in [1.807, 2.05) is 66.9 Å². The van der Waals surface area contributed by atoms with Crippen LogP contribution in [-0.4, -0.2) is 32.4 Å². The number of allylic oxidation sites excluding steroid dienone is 6. The molecule has 0 spiro atoms. The van der Waals surface area contributed by atoms with Gasteiger partial charge in [-0.05, 0) is 90.9 Å². The summed E-state index contributed by atoms with van der Waals surface area (Å²) < 4.78 is 13.4. The summed E-state index contributed by atoms with van der Waals surface area (Å²) in [7, 11) is 0. The number of nitrogens with one attached hydrogen (secondary N) is 1. The van der Waals surface area contributed by atoms with Gasteiger partial charge >= 0.3 is 0 Å². The lowest BCUT2D eigenvalue weighted by Gasteiger charge is -2.11. The lowest BCUT2D eigenvalue weighted by molar-refractivity contribution is 0.104. The molecule has 0 saturated heterocycles. The van der Waals surface area contributed by atoms with E-state index in [1.54, 1.807) is 41.2 Å². The third-order valence-corrected chi connectivity index (χ3v) is 7.00. The van der Waals surface area contributed by atoms with Crippen LogP contribution in [0.4, 0.5) is 11.4 Å². The van der Waals surface area contributed by atoms with Gasteiger partial charge in [-0.15, -0.1) is 5.10 Å². The number of fused-ring (bicyclic) bond motifs is 1. The number of rotatable bonds is 12. The van der Waals surface area contributed by atoms with Crippen molar-refractivity contribution in [1.29, 1.82) is 0 Å². The second-order valence-electron chi connectivity index (χ2n) is 9.84. The summed E-state index contributed by atoms with van der Waals surface area (Å²) in [6, 6.07) is 22.4. The van der Waals surface area contributed by atoms with E-state index in [-0.39, 0.29) is 5.78 Å². The number of nitrogens with zero attached hydrogens (tertiary/aromatic N) is 4. The Morgan fingerprint density at radius 1 is 1.00 bits per heavy atom. The Morgan fingerprint density at radius 3 is 2.63 bits per heavy atom. The zero-order chi connectivity index (χ0) is 29.4. The molecule has 3 aromatic carbocycles. The van der Waals surface area contributed by atoms with Gasteiger partial charge in [-0.2, -0.15) is 0 Å². The molecule has 0 saturated carbocycles. The molecule has 2 aromatic heterocycles. The molecule has 0 bridgehead atoms. The Morgan fingerprint density at radius 2 is 1.81 bits per heavy atom. The number of ether oxygens (including phenoxy) is 2.